The molecule has 7 amide bonds. The summed E-state index contributed by atoms with van der Waals surface area (Å²) in [5.41, 5.74) is 10.9. The van der Waals surface area contributed by atoms with Crippen molar-refractivity contribution in [3.05, 3.63) is 177 Å². The Hall–Kier alpha value is -15.2. The predicted octanol–water partition coefficient (Wildman–Crippen LogP) is 10.4. The van der Waals surface area contributed by atoms with E-state index >= 15 is 0 Å². The summed E-state index contributed by atoms with van der Waals surface area (Å²) in [5.74, 6) is 4.15. The molecule has 18 aromatic heterocycles. The van der Waals surface area contributed by atoms with Crippen molar-refractivity contribution in [3.8, 4) is 22.3 Å². The van der Waals surface area contributed by atoms with E-state index in [0.717, 1.165) is 125 Å². The van der Waals surface area contributed by atoms with Crippen molar-refractivity contribution in [3.63, 3.8) is 0 Å². The van der Waals surface area contributed by atoms with Crippen molar-refractivity contribution in [1.29, 1.82) is 0 Å². The summed E-state index contributed by atoms with van der Waals surface area (Å²) in [7, 11) is 5.71. The SMILES string of the molecule is CN(C)c1ccc(-c2ccc3nnc(Sc4ccc5nc(NC(=O)C6CC6)cn5n4)n3c2)cn1.CNc1ncc(-c2ccc3nnc(Sc4ccc5nc(NC(=O)C6CC6)cn5n4)n3c2)cn1.O=C(Nc1cn2nc(Sc3nnc4ccc(N5CCCC5=O)cn34)ccc2n1)C1CC1.O=C(Nc1cn2nc(Sc3nnc4ccc(N5CCNC5=O)cn34)ccc2n1)C1CC1. The van der Waals surface area contributed by atoms with Gasteiger partial charge in [0.2, 0.25) is 56.1 Å². The van der Waals surface area contributed by atoms with Crippen LogP contribution in [0.2, 0.25) is 0 Å². The smallest absolute Gasteiger partial charge is 0.322 e. The Kier molecular flexibility index (Phi) is 21.5. The van der Waals surface area contributed by atoms with E-state index in [0.29, 0.717) is 113 Å². The van der Waals surface area contributed by atoms with Gasteiger partial charge in [-0.05, 0) is 214 Å². The van der Waals surface area contributed by atoms with Crippen LogP contribution in [0, 0.1) is 23.7 Å². The summed E-state index contributed by atoms with van der Waals surface area (Å²) >= 11 is 5.51. The monoisotopic (exact) mass is 1800 g/mol. The van der Waals surface area contributed by atoms with Gasteiger partial charge in [0.05, 0.1) is 36.2 Å². The number of fused-ring (bicyclic) bond motifs is 8. The van der Waals surface area contributed by atoms with Gasteiger partial charge < -0.3 is 41.7 Å². The van der Waals surface area contributed by atoms with Crippen LogP contribution in [0.15, 0.2) is 218 Å². The molecule has 4 saturated carbocycles. The lowest BCUT2D eigenvalue weighted by molar-refractivity contribution is -0.118. The van der Waals surface area contributed by atoms with E-state index in [9.17, 15) is 28.8 Å². The zero-order chi connectivity index (χ0) is 87.5. The van der Waals surface area contributed by atoms with Crippen LogP contribution in [0.4, 0.5) is 51.2 Å². The van der Waals surface area contributed by atoms with Gasteiger partial charge in [-0.3, -0.25) is 46.5 Å². The van der Waals surface area contributed by atoms with Gasteiger partial charge in [0.1, 0.15) is 25.9 Å². The third kappa shape index (κ3) is 17.8. The highest BCUT2D eigenvalue weighted by Gasteiger charge is 2.34. The molecule has 42 nitrogen and oxygen atoms in total. The highest BCUT2D eigenvalue weighted by molar-refractivity contribution is 7.99. The standard InChI is InChI=1S/C23H21N9OS.C21H18N10OS.C20H18N8O2S.C19H17N9O2S/c1-30(2)18-7-5-15(11-24-18)16-6-8-20-27-28-23(31(20)12-16)34-21-10-9-19-25-17(13-32(19)29-21)26-22(33)14-3-4-14;1-22-20-23-8-14(9-24-20)13-4-5-17-27-28-21(30(17)10-13)33-18-7-6-16-25-15(11-31(16)29-18)26-19(32)12-2-3-12;29-18-2-1-9-26(18)13-5-6-16-23-24-20(27(16)10-13)31-17-8-7-15-21-14(11-28(15)25-17)22-19(30)12-3-4-12;29-17(11-1-2-11)22-13-10-28-14(21-13)5-6-16(25-28)31-19-24-23-15-4-3-12(9-27(15)19)26-8-7-20-18(26)30/h5-14H,3-4H2,1-2H3,(H,26,33);4-12H,2-3H2,1H3,(H,26,32)(H,22,23,24);5-8,10-12H,1-4,9H2,(H,22,30);3-6,9-11H,1-2,7-8H2,(H,20,30)(H,22,29). The second-order valence-electron chi connectivity index (χ2n) is 31.2. The quantitative estimate of drug-likeness (QED) is 0.0367. The first-order valence-corrected chi connectivity index (χ1v) is 44.5. The number of nitrogens with one attached hydrogen (secondary N) is 6. The normalized spacial score (nSPS) is 14.9. The molecule has 4 aliphatic carbocycles. The number of carbonyl (C=O) groups excluding carboxylic acids is 6. The molecule has 2 saturated heterocycles. The zero-order valence-corrected chi connectivity index (χ0v) is 72.0. The molecular weight excluding hydrogens is 1730 g/mol. The number of amides is 7. The molecule has 6 aliphatic rings. The number of imidazole rings is 4. The van der Waals surface area contributed by atoms with Crippen molar-refractivity contribution in [2.75, 3.05) is 82.1 Å². The number of urea groups is 1. The number of aromatic nitrogens is 27. The van der Waals surface area contributed by atoms with Crippen molar-refractivity contribution >= 4 is 174 Å². The van der Waals surface area contributed by atoms with E-state index in [1.807, 2.05) is 171 Å². The van der Waals surface area contributed by atoms with Crippen LogP contribution >= 0.6 is 47.0 Å². The van der Waals surface area contributed by atoms with Gasteiger partial charge in [-0.1, -0.05) is 0 Å². The average molecular weight is 1800 g/mol. The lowest BCUT2D eigenvalue weighted by Crippen LogP contribution is -2.27. The zero-order valence-electron chi connectivity index (χ0n) is 68.7. The van der Waals surface area contributed by atoms with Gasteiger partial charge in [-0.2, -0.15) is 20.4 Å². The van der Waals surface area contributed by atoms with E-state index in [1.54, 1.807) is 72.1 Å². The molecule has 0 atom stereocenters. The topological polar surface area (TPSA) is 465 Å². The minimum atomic E-state index is -0.113. The van der Waals surface area contributed by atoms with E-state index in [2.05, 4.69) is 134 Å². The van der Waals surface area contributed by atoms with Crippen molar-refractivity contribution in [2.24, 2.45) is 23.7 Å². The molecule has 0 unspecified atom stereocenters. The fourth-order valence-electron chi connectivity index (χ4n) is 14.0. The van der Waals surface area contributed by atoms with Gasteiger partial charge >= 0.3 is 6.03 Å². The molecule has 18 aromatic rings. The van der Waals surface area contributed by atoms with Gasteiger partial charge in [-0.25, -0.2) is 57.7 Å². The minimum absolute atomic E-state index is 0.00965. The maximum Gasteiger partial charge on any atom is 0.322 e. The van der Waals surface area contributed by atoms with Crippen LogP contribution in [-0.2, 0) is 24.0 Å². The Labute approximate surface area is 745 Å². The molecule has 0 spiro atoms. The van der Waals surface area contributed by atoms with Crippen molar-refractivity contribution < 1.29 is 28.8 Å². The summed E-state index contributed by atoms with van der Waals surface area (Å²) in [5, 5.41) is 75.2. The van der Waals surface area contributed by atoms with Crippen LogP contribution in [0.3, 0.4) is 0 Å². The van der Waals surface area contributed by atoms with Gasteiger partial charge in [0.15, 0.2) is 68.4 Å². The summed E-state index contributed by atoms with van der Waals surface area (Å²) in [6.07, 6.45) is 29.0. The highest BCUT2D eigenvalue weighted by atomic mass is 32.2. The number of carbonyl (C=O) groups is 6. The van der Waals surface area contributed by atoms with Crippen molar-refractivity contribution in [1.82, 2.24) is 137 Å². The first-order valence-electron chi connectivity index (χ1n) is 41.3. The first kappa shape index (κ1) is 80.9. The van der Waals surface area contributed by atoms with E-state index in [-0.39, 0.29) is 59.2 Å². The van der Waals surface area contributed by atoms with E-state index in [1.165, 1.54) is 47.0 Å². The molecule has 46 heteroatoms. The Balaban J connectivity index is 0.000000104. The fourth-order valence-corrected chi connectivity index (χ4v) is 17.2. The molecule has 2 aliphatic heterocycles. The molecule has 6 N–H and O–H groups in total. The molecule has 129 heavy (non-hydrogen) atoms. The second-order valence-corrected chi connectivity index (χ2v) is 35.1. The fraction of sp³-hybridized carbons (Fsp3) is 0.241. The molecular formula is C83H74N36O6S4. The molecule has 0 aromatic carbocycles. The molecule has 646 valence electrons. The largest absolute Gasteiger partial charge is 0.363 e. The number of rotatable bonds is 22. The number of anilines is 8. The minimum Gasteiger partial charge on any atom is -0.363 e. The number of pyridine rings is 5. The summed E-state index contributed by atoms with van der Waals surface area (Å²) < 4.78 is 14.2. The highest BCUT2D eigenvalue weighted by Crippen LogP contribution is 2.37. The van der Waals surface area contributed by atoms with Crippen LogP contribution < -0.4 is 46.6 Å². The first-order chi connectivity index (χ1) is 63.0. The molecule has 6 fully saturated rings. The third-order valence-electron chi connectivity index (χ3n) is 21.5. The van der Waals surface area contributed by atoms with Gasteiger partial charge in [0.25, 0.3) is 0 Å². The molecule has 24 rings (SSSR count). The van der Waals surface area contributed by atoms with Crippen LogP contribution in [0.25, 0.3) is 67.4 Å². The van der Waals surface area contributed by atoms with Gasteiger partial charge in [0, 0.05) is 137 Å². The Morgan fingerprint density at radius 1 is 0.380 bits per heavy atom. The second kappa shape index (κ2) is 34.3. The number of nitrogens with zero attached hydrogens (tertiary/aromatic N) is 30. The molecule has 0 radical (unpaired) electrons. The predicted molar refractivity (Wildman–Crippen MR) is 476 cm³/mol. The lowest BCUT2D eigenvalue weighted by Gasteiger charge is -2.15. The Morgan fingerprint density at radius 3 is 1.06 bits per heavy atom. The van der Waals surface area contributed by atoms with E-state index < -0.39 is 0 Å². The lowest BCUT2D eigenvalue weighted by atomic mass is 10.1. The maximum atomic E-state index is 12.1. The summed E-state index contributed by atoms with van der Waals surface area (Å²) in [6.45, 7) is 1.97. The average Bonchev–Trinajstić information content (AvgIpc) is 1.60. The van der Waals surface area contributed by atoms with Crippen LogP contribution in [0.1, 0.15) is 64.2 Å². The van der Waals surface area contributed by atoms with Crippen molar-refractivity contribution in [2.45, 2.75) is 105 Å². The molecule has 0 bridgehead atoms. The number of hydrogen-bond donors (Lipinski definition) is 6. The number of hydrogen-bond acceptors (Lipinski definition) is 31. The Morgan fingerprint density at radius 2 is 0.729 bits per heavy atom. The third-order valence-corrected chi connectivity index (χ3v) is 25.1. The Bertz CT molecular complexity index is 7230. The summed E-state index contributed by atoms with van der Waals surface area (Å²) in [6, 6.07) is 34.1. The van der Waals surface area contributed by atoms with Crippen LogP contribution in [-0.4, -0.2) is 208 Å². The molecule has 20 heterocycles. The summed E-state index contributed by atoms with van der Waals surface area (Å²) in [4.78, 5) is 108. The van der Waals surface area contributed by atoms with Gasteiger partial charge in [-0.15, -0.1) is 40.8 Å². The van der Waals surface area contributed by atoms with Crippen LogP contribution in [0.5, 0.6) is 0 Å². The maximum absolute atomic E-state index is 12.1. The van der Waals surface area contributed by atoms with E-state index in [4.69, 9.17) is 0 Å².